The van der Waals surface area contributed by atoms with E-state index >= 15 is 0 Å². The SMILES string of the molecule is CC.CC(C)(C)S(=O)/N=C/CCC(F)(F)F. The molecule has 98 valence electrons. The fourth-order valence-electron chi connectivity index (χ4n) is 0.507. The van der Waals surface area contributed by atoms with Gasteiger partial charge in [0.25, 0.3) is 0 Å². The number of nitrogens with zero attached hydrogens (tertiary/aromatic N) is 1. The van der Waals surface area contributed by atoms with Crippen LogP contribution in [0, 0.1) is 0 Å². The van der Waals surface area contributed by atoms with E-state index in [0.717, 1.165) is 6.21 Å². The van der Waals surface area contributed by atoms with Gasteiger partial charge in [-0.05, 0) is 27.2 Å². The van der Waals surface area contributed by atoms with Crippen LogP contribution in [0.3, 0.4) is 0 Å². The Bertz CT molecular complexity index is 231. The summed E-state index contributed by atoms with van der Waals surface area (Å²) in [6, 6.07) is 0. The normalized spacial score (nSPS) is 14.5. The minimum atomic E-state index is -4.17. The molecule has 0 rings (SSSR count). The molecule has 0 saturated carbocycles. The van der Waals surface area contributed by atoms with Crippen molar-refractivity contribution in [2.45, 2.75) is 58.4 Å². The first-order chi connectivity index (χ1) is 7.13. The third-order valence-corrected chi connectivity index (χ3v) is 2.64. The van der Waals surface area contributed by atoms with Gasteiger partial charge in [0.1, 0.15) is 11.0 Å². The molecule has 0 aliphatic rings. The van der Waals surface area contributed by atoms with Crippen molar-refractivity contribution in [3.8, 4) is 0 Å². The van der Waals surface area contributed by atoms with Gasteiger partial charge in [0.15, 0.2) is 0 Å². The monoisotopic (exact) mass is 259 g/mol. The number of halogens is 3. The maximum Gasteiger partial charge on any atom is 0.389 e. The minimum Gasteiger partial charge on any atom is -0.234 e. The fourth-order valence-corrected chi connectivity index (χ4v) is 1.06. The van der Waals surface area contributed by atoms with Gasteiger partial charge in [-0.2, -0.15) is 17.6 Å². The van der Waals surface area contributed by atoms with Crippen molar-refractivity contribution in [2.75, 3.05) is 0 Å². The predicted molar refractivity (Wildman–Crippen MR) is 63.0 cm³/mol. The fraction of sp³-hybridized carbons (Fsp3) is 0.900. The maximum absolute atomic E-state index is 11.7. The summed E-state index contributed by atoms with van der Waals surface area (Å²) in [5.74, 6) is 0. The Labute approximate surface area is 97.9 Å². The topological polar surface area (TPSA) is 29.4 Å². The largest absolute Gasteiger partial charge is 0.389 e. The molecule has 0 fully saturated rings. The smallest absolute Gasteiger partial charge is 0.234 e. The highest BCUT2D eigenvalue weighted by Crippen LogP contribution is 2.20. The van der Waals surface area contributed by atoms with Crippen molar-refractivity contribution in [3.63, 3.8) is 0 Å². The van der Waals surface area contributed by atoms with Crippen molar-refractivity contribution in [1.82, 2.24) is 0 Å². The van der Waals surface area contributed by atoms with E-state index in [2.05, 4.69) is 4.40 Å². The van der Waals surface area contributed by atoms with Crippen molar-refractivity contribution in [2.24, 2.45) is 4.40 Å². The highest BCUT2D eigenvalue weighted by molar-refractivity contribution is 7.85. The summed E-state index contributed by atoms with van der Waals surface area (Å²) < 4.78 is 49.3. The Morgan fingerprint density at radius 1 is 1.19 bits per heavy atom. The van der Waals surface area contributed by atoms with E-state index in [1.54, 1.807) is 20.8 Å². The van der Waals surface area contributed by atoms with E-state index < -0.39 is 28.3 Å². The van der Waals surface area contributed by atoms with Gasteiger partial charge in [-0.15, -0.1) is 0 Å². The van der Waals surface area contributed by atoms with Gasteiger partial charge in [-0.25, -0.2) is 4.21 Å². The molecule has 0 radical (unpaired) electrons. The highest BCUT2D eigenvalue weighted by Gasteiger charge is 2.25. The van der Waals surface area contributed by atoms with Gasteiger partial charge in [0.2, 0.25) is 0 Å². The van der Waals surface area contributed by atoms with Crippen LogP contribution < -0.4 is 0 Å². The summed E-state index contributed by atoms with van der Waals surface area (Å²) in [5.41, 5.74) is 0. The molecule has 0 aliphatic carbocycles. The molecule has 0 aromatic heterocycles. The molecule has 0 aromatic carbocycles. The Kier molecular flexibility index (Phi) is 8.78. The van der Waals surface area contributed by atoms with Crippen LogP contribution in [0.15, 0.2) is 4.40 Å². The lowest BCUT2D eigenvalue weighted by Crippen LogP contribution is -2.19. The van der Waals surface area contributed by atoms with Gasteiger partial charge < -0.3 is 0 Å². The lowest BCUT2D eigenvalue weighted by atomic mass is 10.3. The minimum absolute atomic E-state index is 0.217. The number of rotatable bonds is 3. The van der Waals surface area contributed by atoms with Crippen LogP contribution in [0.1, 0.15) is 47.5 Å². The third kappa shape index (κ3) is 11.7. The van der Waals surface area contributed by atoms with Crippen LogP contribution in [0.2, 0.25) is 0 Å². The van der Waals surface area contributed by atoms with E-state index in [-0.39, 0.29) is 6.42 Å². The van der Waals surface area contributed by atoms with Crippen LogP contribution in [0.4, 0.5) is 13.2 Å². The second-order valence-electron chi connectivity index (χ2n) is 3.80. The van der Waals surface area contributed by atoms with Gasteiger partial charge in [0, 0.05) is 12.6 Å². The quantitative estimate of drug-likeness (QED) is 0.707. The third-order valence-electron chi connectivity index (χ3n) is 1.25. The van der Waals surface area contributed by atoms with Crippen LogP contribution in [-0.4, -0.2) is 21.3 Å². The Hall–Kier alpha value is -0.390. The van der Waals surface area contributed by atoms with Crippen molar-refractivity contribution >= 4 is 17.2 Å². The van der Waals surface area contributed by atoms with Gasteiger partial charge >= 0.3 is 6.18 Å². The molecule has 0 aliphatic heterocycles. The predicted octanol–water partition coefficient (Wildman–Crippen LogP) is 3.89. The molecule has 1 atom stereocenters. The molecule has 1 unspecified atom stereocenters. The van der Waals surface area contributed by atoms with Crippen LogP contribution in [0.5, 0.6) is 0 Å². The van der Waals surface area contributed by atoms with E-state index in [1.807, 2.05) is 13.8 Å². The number of hydrogen-bond acceptors (Lipinski definition) is 1. The zero-order valence-corrected chi connectivity index (χ0v) is 11.2. The van der Waals surface area contributed by atoms with Gasteiger partial charge in [-0.1, -0.05) is 13.8 Å². The molecular weight excluding hydrogens is 239 g/mol. The average Bonchev–Trinajstić information content (AvgIpc) is 2.12. The van der Waals surface area contributed by atoms with E-state index in [1.165, 1.54) is 0 Å². The molecule has 0 saturated heterocycles. The lowest BCUT2D eigenvalue weighted by Gasteiger charge is -2.12. The summed E-state index contributed by atoms with van der Waals surface area (Å²) in [5, 5.41) is 0. The molecule has 0 heterocycles. The molecule has 0 aromatic rings. The highest BCUT2D eigenvalue weighted by atomic mass is 32.2. The Morgan fingerprint density at radius 2 is 1.62 bits per heavy atom. The molecular formula is C10H20F3NOS. The van der Waals surface area contributed by atoms with Crippen LogP contribution in [-0.2, 0) is 11.0 Å². The first-order valence-corrected chi connectivity index (χ1v) is 6.25. The molecule has 0 amide bonds. The van der Waals surface area contributed by atoms with E-state index in [4.69, 9.17) is 0 Å². The second-order valence-corrected chi connectivity index (χ2v) is 5.74. The van der Waals surface area contributed by atoms with Crippen molar-refractivity contribution < 1.29 is 17.4 Å². The standard InChI is InChI=1S/C8H14F3NOS.C2H6/c1-7(2,3)14(13)12-6-4-5-8(9,10)11;1-2/h6H,4-5H2,1-3H3;1-2H3/b12-6+;. The van der Waals surface area contributed by atoms with Crippen molar-refractivity contribution in [1.29, 1.82) is 0 Å². The summed E-state index contributed by atoms with van der Waals surface area (Å²) in [6.45, 7) is 9.14. The molecule has 0 N–H and O–H groups in total. The van der Waals surface area contributed by atoms with E-state index in [9.17, 15) is 17.4 Å². The Morgan fingerprint density at radius 3 is 1.94 bits per heavy atom. The first-order valence-electron chi connectivity index (χ1n) is 5.14. The molecule has 2 nitrogen and oxygen atoms in total. The number of alkyl halides is 3. The molecule has 16 heavy (non-hydrogen) atoms. The summed E-state index contributed by atoms with van der Waals surface area (Å²) in [6.07, 6.45) is -4.23. The van der Waals surface area contributed by atoms with E-state index in [0.29, 0.717) is 0 Å². The summed E-state index contributed by atoms with van der Waals surface area (Å²) >= 11 is 0. The zero-order valence-electron chi connectivity index (χ0n) is 10.4. The lowest BCUT2D eigenvalue weighted by molar-refractivity contribution is -0.132. The van der Waals surface area contributed by atoms with Crippen LogP contribution in [0.25, 0.3) is 0 Å². The molecule has 6 heteroatoms. The summed E-state index contributed by atoms with van der Waals surface area (Å²) in [4.78, 5) is 0. The Balaban J connectivity index is 0. The maximum atomic E-state index is 11.7. The van der Waals surface area contributed by atoms with Gasteiger partial charge in [0.05, 0.1) is 4.75 Å². The first kappa shape index (κ1) is 18.0. The second kappa shape index (κ2) is 7.81. The number of hydrogen-bond donors (Lipinski definition) is 0. The van der Waals surface area contributed by atoms with Gasteiger partial charge in [-0.3, -0.25) is 0 Å². The van der Waals surface area contributed by atoms with Crippen LogP contribution >= 0.6 is 0 Å². The van der Waals surface area contributed by atoms with Crippen molar-refractivity contribution in [3.05, 3.63) is 0 Å². The average molecular weight is 259 g/mol. The molecule has 0 bridgehead atoms. The zero-order chi connectivity index (χ0) is 13.4. The summed E-state index contributed by atoms with van der Waals surface area (Å²) in [7, 11) is -1.46. The molecule has 0 spiro atoms.